The second-order valence-electron chi connectivity index (χ2n) is 4.62. The average Bonchev–Trinajstić information content (AvgIpc) is 2.59. The lowest BCUT2D eigenvalue weighted by molar-refractivity contribution is 0.0472. The van der Waals surface area contributed by atoms with Crippen LogP contribution in [0, 0.1) is 5.82 Å². The summed E-state index contributed by atoms with van der Waals surface area (Å²) < 4.78 is 33.8. The zero-order valence-corrected chi connectivity index (χ0v) is 13.1. The van der Waals surface area contributed by atoms with Gasteiger partial charge in [0.15, 0.2) is 11.5 Å². The molecule has 0 bridgehead atoms. The minimum atomic E-state index is -0.543. The summed E-state index contributed by atoms with van der Waals surface area (Å²) in [5.74, 6) is 0.452. The molecular weight excluding hydrogens is 303 g/mol. The van der Waals surface area contributed by atoms with Gasteiger partial charge in [0.25, 0.3) is 0 Å². The van der Waals surface area contributed by atoms with Crippen LogP contribution in [0.15, 0.2) is 36.4 Å². The molecule has 0 atom stereocenters. The predicted molar refractivity (Wildman–Crippen MR) is 81.6 cm³/mol. The SMILES string of the molecule is COc1cc(COC(=O)c2ccc(F)cc2)cc(OC)c1OC. The molecule has 0 saturated carbocycles. The molecule has 0 saturated heterocycles. The van der Waals surface area contributed by atoms with Gasteiger partial charge in [-0.15, -0.1) is 0 Å². The Labute approximate surface area is 133 Å². The molecule has 2 aromatic carbocycles. The Morgan fingerprint density at radius 2 is 1.52 bits per heavy atom. The zero-order chi connectivity index (χ0) is 16.8. The van der Waals surface area contributed by atoms with Crippen molar-refractivity contribution in [2.75, 3.05) is 21.3 Å². The van der Waals surface area contributed by atoms with Gasteiger partial charge >= 0.3 is 5.97 Å². The highest BCUT2D eigenvalue weighted by Crippen LogP contribution is 2.38. The molecule has 2 rings (SSSR count). The minimum Gasteiger partial charge on any atom is -0.493 e. The summed E-state index contributed by atoms with van der Waals surface area (Å²) in [6, 6.07) is 8.53. The van der Waals surface area contributed by atoms with Crippen molar-refractivity contribution in [3.05, 3.63) is 53.3 Å². The van der Waals surface area contributed by atoms with Crippen molar-refractivity contribution in [3.8, 4) is 17.2 Å². The Balaban J connectivity index is 2.13. The monoisotopic (exact) mass is 320 g/mol. The van der Waals surface area contributed by atoms with Crippen LogP contribution in [0.4, 0.5) is 4.39 Å². The second kappa shape index (κ2) is 7.49. The van der Waals surface area contributed by atoms with E-state index in [-0.39, 0.29) is 12.2 Å². The van der Waals surface area contributed by atoms with Gasteiger partial charge in [0.2, 0.25) is 5.75 Å². The molecule has 2 aromatic rings. The molecule has 0 fully saturated rings. The first kappa shape index (κ1) is 16.6. The van der Waals surface area contributed by atoms with Crippen molar-refractivity contribution in [1.29, 1.82) is 0 Å². The fraction of sp³-hybridized carbons (Fsp3) is 0.235. The molecule has 0 aromatic heterocycles. The minimum absolute atomic E-state index is 0.0208. The first-order valence-electron chi connectivity index (χ1n) is 6.80. The number of halogens is 1. The summed E-state index contributed by atoms with van der Waals surface area (Å²) in [5.41, 5.74) is 0.953. The number of methoxy groups -OCH3 is 3. The first-order chi connectivity index (χ1) is 11.1. The third-order valence-electron chi connectivity index (χ3n) is 3.17. The molecule has 0 amide bonds. The topological polar surface area (TPSA) is 54.0 Å². The molecule has 0 spiro atoms. The van der Waals surface area contributed by atoms with Gasteiger partial charge in [0.05, 0.1) is 26.9 Å². The van der Waals surface area contributed by atoms with Gasteiger partial charge in [0.1, 0.15) is 12.4 Å². The van der Waals surface area contributed by atoms with Gasteiger partial charge in [0, 0.05) is 0 Å². The maximum atomic E-state index is 12.8. The predicted octanol–water partition coefficient (Wildman–Crippen LogP) is 3.21. The van der Waals surface area contributed by atoms with Crippen molar-refractivity contribution in [1.82, 2.24) is 0 Å². The van der Waals surface area contributed by atoms with Crippen LogP contribution in [0.3, 0.4) is 0 Å². The Hall–Kier alpha value is -2.76. The van der Waals surface area contributed by atoms with Gasteiger partial charge in [-0.2, -0.15) is 0 Å². The molecule has 0 radical (unpaired) electrons. The highest BCUT2D eigenvalue weighted by Gasteiger charge is 2.14. The number of ether oxygens (including phenoxy) is 4. The van der Waals surface area contributed by atoms with Crippen LogP contribution in [0.2, 0.25) is 0 Å². The van der Waals surface area contributed by atoms with Crippen LogP contribution in [0.25, 0.3) is 0 Å². The molecule has 23 heavy (non-hydrogen) atoms. The summed E-state index contributed by atoms with van der Waals surface area (Å²) in [7, 11) is 4.52. The van der Waals surface area contributed by atoms with Crippen LogP contribution in [-0.2, 0) is 11.3 Å². The van der Waals surface area contributed by atoms with Gasteiger partial charge in [-0.3, -0.25) is 0 Å². The van der Waals surface area contributed by atoms with E-state index in [1.165, 1.54) is 45.6 Å². The fourth-order valence-electron chi connectivity index (χ4n) is 2.04. The van der Waals surface area contributed by atoms with E-state index >= 15 is 0 Å². The molecule has 0 aliphatic carbocycles. The van der Waals surface area contributed by atoms with E-state index in [0.29, 0.717) is 22.8 Å². The van der Waals surface area contributed by atoms with E-state index in [4.69, 9.17) is 18.9 Å². The number of carbonyl (C=O) groups is 1. The normalized spacial score (nSPS) is 10.1. The maximum absolute atomic E-state index is 12.8. The van der Waals surface area contributed by atoms with E-state index in [1.54, 1.807) is 12.1 Å². The highest BCUT2D eigenvalue weighted by molar-refractivity contribution is 5.89. The van der Waals surface area contributed by atoms with Gasteiger partial charge < -0.3 is 18.9 Å². The molecule has 0 heterocycles. The Kier molecular flexibility index (Phi) is 5.41. The Morgan fingerprint density at radius 3 is 2.00 bits per heavy atom. The van der Waals surface area contributed by atoms with Crippen molar-refractivity contribution in [3.63, 3.8) is 0 Å². The van der Waals surface area contributed by atoms with Crippen LogP contribution in [0.1, 0.15) is 15.9 Å². The number of hydrogen-bond donors (Lipinski definition) is 0. The molecule has 0 N–H and O–H groups in total. The number of hydrogen-bond acceptors (Lipinski definition) is 5. The van der Waals surface area contributed by atoms with Crippen LogP contribution in [0.5, 0.6) is 17.2 Å². The standard InChI is InChI=1S/C17H17FO5/c1-20-14-8-11(9-15(21-2)16(14)22-3)10-23-17(19)12-4-6-13(18)7-5-12/h4-9H,10H2,1-3H3. The second-order valence-corrected chi connectivity index (χ2v) is 4.62. The van der Waals surface area contributed by atoms with Crippen LogP contribution < -0.4 is 14.2 Å². The summed E-state index contributed by atoms with van der Waals surface area (Å²) in [6.07, 6.45) is 0. The van der Waals surface area contributed by atoms with Crippen molar-refractivity contribution >= 4 is 5.97 Å². The molecule has 0 aliphatic rings. The van der Waals surface area contributed by atoms with Crippen molar-refractivity contribution in [2.45, 2.75) is 6.61 Å². The molecule has 122 valence electrons. The highest BCUT2D eigenvalue weighted by atomic mass is 19.1. The fourth-order valence-corrected chi connectivity index (χ4v) is 2.04. The molecule has 0 unspecified atom stereocenters. The lowest BCUT2D eigenvalue weighted by Crippen LogP contribution is -2.06. The summed E-state index contributed by atoms with van der Waals surface area (Å²) in [4.78, 5) is 11.9. The van der Waals surface area contributed by atoms with Crippen molar-refractivity contribution in [2.24, 2.45) is 0 Å². The Bertz CT molecular complexity index is 657. The van der Waals surface area contributed by atoms with E-state index in [1.807, 2.05) is 0 Å². The molecule has 5 nitrogen and oxygen atoms in total. The van der Waals surface area contributed by atoms with Gasteiger partial charge in [-0.05, 0) is 42.0 Å². The lowest BCUT2D eigenvalue weighted by atomic mass is 10.2. The van der Waals surface area contributed by atoms with Gasteiger partial charge in [-0.1, -0.05) is 0 Å². The van der Waals surface area contributed by atoms with E-state index < -0.39 is 11.8 Å². The lowest BCUT2D eigenvalue weighted by Gasteiger charge is -2.14. The number of esters is 1. The molecule has 6 heteroatoms. The van der Waals surface area contributed by atoms with Crippen molar-refractivity contribution < 1.29 is 28.1 Å². The van der Waals surface area contributed by atoms with Crippen LogP contribution >= 0.6 is 0 Å². The van der Waals surface area contributed by atoms with E-state index in [9.17, 15) is 9.18 Å². The van der Waals surface area contributed by atoms with Gasteiger partial charge in [-0.25, -0.2) is 9.18 Å². The van der Waals surface area contributed by atoms with E-state index in [2.05, 4.69) is 0 Å². The number of rotatable bonds is 6. The zero-order valence-electron chi connectivity index (χ0n) is 13.1. The largest absolute Gasteiger partial charge is 0.493 e. The summed E-state index contributed by atoms with van der Waals surface area (Å²) >= 11 is 0. The molecule has 0 aliphatic heterocycles. The number of benzene rings is 2. The summed E-state index contributed by atoms with van der Waals surface area (Å²) in [6.45, 7) is 0.0208. The van der Waals surface area contributed by atoms with E-state index in [0.717, 1.165) is 0 Å². The smallest absolute Gasteiger partial charge is 0.338 e. The quantitative estimate of drug-likeness (QED) is 0.765. The third-order valence-corrected chi connectivity index (χ3v) is 3.17. The third kappa shape index (κ3) is 3.91. The summed E-state index contributed by atoms with van der Waals surface area (Å²) in [5, 5.41) is 0. The molecular formula is C17H17FO5. The Morgan fingerprint density at radius 1 is 0.957 bits per heavy atom. The first-order valence-corrected chi connectivity index (χ1v) is 6.80. The number of carbonyl (C=O) groups excluding carboxylic acids is 1. The van der Waals surface area contributed by atoms with Crippen LogP contribution in [-0.4, -0.2) is 27.3 Å². The average molecular weight is 320 g/mol. The maximum Gasteiger partial charge on any atom is 0.338 e.